The zero-order valence-electron chi connectivity index (χ0n) is 12.0. The number of hydrogen-bond donors (Lipinski definition) is 2. The SMILES string of the molecule is C[C@H](NS(=O)(=O)c1ccc(CC(=O)O)s1)C1CCCCC1. The highest BCUT2D eigenvalue weighted by atomic mass is 32.2. The van der Waals surface area contributed by atoms with Crippen molar-refractivity contribution >= 4 is 27.3 Å². The lowest BCUT2D eigenvalue weighted by Crippen LogP contribution is -2.38. The summed E-state index contributed by atoms with van der Waals surface area (Å²) in [5, 5.41) is 8.74. The van der Waals surface area contributed by atoms with E-state index in [0.717, 1.165) is 24.2 Å². The van der Waals surface area contributed by atoms with Gasteiger partial charge in [-0.05, 0) is 37.8 Å². The fraction of sp³-hybridized carbons (Fsp3) is 0.643. The number of aliphatic carboxylic acids is 1. The van der Waals surface area contributed by atoms with Crippen LogP contribution in [0.1, 0.15) is 43.9 Å². The van der Waals surface area contributed by atoms with Crippen molar-refractivity contribution in [2.75, 3.05) is 0 Å². The van der Waals surface area contributed by atoms with Crippen LogP contribution in [0.25, 0.3) is 0 Å². The van der Waals surface area contributed by atoms with E-state index in [1.807, 2.05) is 6.92 Å². The molecule has 0 amide bonds. The first kappa shape index (κ1) is 16.5. The molecule has 1 aliphatic carbocycles. The quantitative estimate of drug-likeness (QED) is 0.839. The Morgan fingerprint density at radius 2 is 2.05 bits per heavy atom. The van der Waals surface area contributed by atoms with Gasteiger partial charge in [0.05, 0.1) is 6.42 Å². The average Bonchev–Trinajstić information content (AvgIpc) is 2.88. The Labute approximate surface area is 129 Å². The Morgan fingerprint density at radius 1 is 1.38 bits per heavy atom. The van der Waals surface area contributed by atoms with Crippen molar-refractivity contribution in [3.05, 3.63) is 17.0 Å². The predicted molar refractivity (Wildman–Crippen MR) is 82.0 cm³/mol. The summed E-state index contributed by atoms with van der Waals surface area (Å²) in [5.41, 5.74) is 0. The first-order chi connectivity index (χ1) is 9.88. The van der Waals surface area contributed by atoms with Gasteiger partial charge in [0.2, 0.25) is 10.0 Å². The highest BCUT2D eigenvalue weighted by Crippen LogP contribution is 2.28. The molecule has 1 aliphatic rings. The Balaban J connectivity index is 2.03. The van der Waals surface area contributed by atoms with Crippen LogP contribution in [-0.2, 0) is 21.2 Å². The molecule has 0 aromatic carbocycles. The van der Waals surface area contributed by atoms with E-state index in [4.69, 9.17) is 5.11 Å². The maximum absolute atomic E-state index is 12.3. The molecule has 0 spiro atoms. The van der Waals surface area contributed by atoms with E-state index >= 15 is 0 Å². The molecule has 2 rings (SSSR count). The first-order valence-electron chi connectivity index (χ1n) is 7.21. The second-order valence-electron chi connectivity index (χ2n) is 5.60. The van der Waals surface area contributed by atoms with E-state index in [9.17, 15) is 13.2 Å². The lowest BCUT2D eigenvalue weighted by molar-refractivity contribution is -0.136. The van der Waals surface area contributed by atoms with Gasteiger partial charge in [0, 0.05) is 10.9 Å². The summed E-state index contributed by atoms with van der Waals surface area (Å²) in [4.78, 5) is 11.2. The standard InChI is InChI=1S/C14H21NO4S2/c1-10(11-5-3-2-4-6-11)15-21(18,19)14-8-7-12(20-14)9-13(16)17/h7-8,10-11,15H,2-6,9H2,1H3,(H,16,17)/t10-/m0/s1. The van der Waals surface area contributed by atoms with Crippen molar-refractivity contribution in [2.24, 2.45) is 5.92 Å². The number of nitrogens with one attached hydrogen (secondary N) is 1. The second kappa shape index (κ2) is 6.89. The maximum Gasteiger partial charge on any atom is 0.308 e. The number of carboxylic acid groups (broad SMARTS) is 1. The van der Waals surface area contributed by atoms with Gasteiger partial charge in [-0.25, -0.2) is 13.1 Å². The predicted octanol–water partition coefficient (Wildman–Crippen LogP) is 2.62. The fourth-order valence-corrected chi connectivity index (χ4v) is 5.46. The largest absolute Gasteiger partial charge is 0.481 e. The minimum absolute atomic E-state index is 0.0830. The minimum atomic E-state index is -3.55. The number of carboxylic acids is 1. The Morgan fingerprint density at radius 3 is 2.67 bits per heavy atom. The Bertz CT molecular complexity index is 588. The third-order valence-corrected chi connectivity index (χ3v) is 7.06. The van der Waals surface area contributed by atoms with Crippen molar-refractivity contribution in [3.63, 3.8) is 0 Å². The smallest absolute Gasteiger partial charge is 0.308 e. The molecular weight excluding hydrogens is 310 g/mol. The first-order valence-corrected chi connectivity index (χ1v) is 9.51. The van der Waals surface area contributed by atoms with E-state index in [0.29, 0.717) is 10.8 Å². The molecule has 1 heterocycles. The zero-order chi connectivity index (χ0) is 15.5. The summed E-state index contributed by atoms with van der Waals surface area (Å²) in [7, 11) is -3.55. The van der Waals surface area contributed by atoms with Crippen LogP contribution in [0.2, 0.25) is 0 Å². The summed E-state index contributed by atoms with van der Waals surface area (Å²) in [6.07, 6.45) is 5.56. The summed E-state index contributed by atoms with van der Waals surface area (Å²) in [6, 6.07) is 2.97. The molecule has 1 fully saturated rings. The van der Waals surface area contributed by atoms with Crippen LogP contribution in [0.15, 0.2) is 16.3 Å². The molecule has 1 atom stereocenters. The number of hydrogen-bond acceptors (Lipinski definition) is 4. The molecule has 118 valence electrons. The van der Waals surface area contributed by atoms with Gasteiger partial charge < -0.3 is 5.11 Å². The summed E-state index contributed by atoms with van der Waals surface area (Å²) < 4.78 is 27.6. The molecule has 7 heteroatoms. The van der Waals surface area contributed by atoms with Gasteiger partial charge >= 0.3 is 5.97 Å². The molecule has 0 unspecified atom stereocenters. The molecule has 1 aromatic heterocycles. The van der Waals surface area contributed by atoms with Crippen molar-refractivity contribution in [1.82, 2.24) is 4.72 Å². The molecule has 0 bridgehead atoms. The topological polar surface area (TPSA) is 83.5 Å². The minimum Gasteiger partial charge on any atom is -0.481 e. The van der Waals surface area contributed by atoms with E-state index in [1.165, 1.54) is 25.3 Å². The molecule has 0 radical (unpaired) electrons. The normalized spacial score (nSPS) is 18.5. The van der Waals surface area contributed by atoms with Crippen LogP contribution < -0.4 is 4.72 Å². The van der Waals surface area contributed by atoms with E-state index in [1.54, 1.807) is 6.07 Å². The van der Waals surface area contributed by atoms with Gasteiger partial charge in [-0.15, -0.1) is 11.3 Å². The van der Waals surface area contributed by atoms with Crippen LogP contribution in [0.5, 0.6) is 0 Å². The van der Waals surface area contributed by atoms with Crippen molar-refractivity contribution in [1.29, 1.82) is 0 Å². The number of rotatable bonds is 6. The van der Waals surface area contributed by atoms with E-state index in [2.05, 4.69) is 4.72 Å². The Hall–Kier alpha value is -0.920. The monoisotopic (exact) mass is 331 g/mol. The van der Waals surface area contributed by atoms with Gasteiger partial charge in [-0.2, -0.15) is 0 Å². The summed E-state index contributed by atoms with van der Waals surface area (Å²) in [6.45, 7) is 1.92. The van der Waals surface area contributed by atoms with Gasteiger partial charge in [0.25, 0.3) is 0 Å². The lowest BCUT2D eigenvalue weighted by atomic mass is 9.85. The highest BCUT2D eigenvalue weighted by molar-refractivity contribution is 7.91. The zero-order valence-corrected chi connectivity index (χ0v) is 13.7. The van der Waals surface area contributed by atoms with Crippen LogP contribution in [0.3, 0.4) is 0 Å². The van der Waals surface area contributed by atoms with E-state index in [-0.39, 0.29) is 16.7 Å². The molecule has 0 aliphatic heterocycles. The van der Waals surface area contributed by atoms with Gasteiger partial charge in [0.15, 0.2) is 0 Å². The van der Waals surface area contributed by atoms with Crippen molar-refractivity contribution in [3.8, 4) is 0 Å². The Kier molecular flexibility index (Phi) is 5.40. The van der Waals surface area contributed by atoms with Crippen LogP contribution in [0, 0.1) is 5.92 Å². The maximum atomic E-state index is 12.3. The van der Waals surface area contributed by atoms with Crippen molar-refractivity contribution in [2.45, 2.75) is 55.7 Å². The van der Waals surface area contributed by atoms with E-state index < -0.39 is 16.0 Å². The van der Waals surface area contributed by atoms with Crippen molar-refractivity contribution < 1.29 is 18.3 Å². The highest BCUT2D eigenvalue weighted by Gasteiger charge is 2.26. The van der Waals surface area contributed by atoms with Gasteiger partial charge in [0.1, 0.15) is 4.21 Å². The average molecular weight is 331 g/mol. The van der Waals surface area contributed by atoms with Gasteiger partial charge in [-0.3, -0.25) is 4.79 Å². The molecule has 21 heavy (non-hydrogen) atoms. The molecule has 0 saturated heterocycles. The van der Waals surface area contributed by atoms with Crippen LogP contribution in [-0.4, -0.2) is 25.5 Å². The molecule has 2 N–H and O–H groups in total. The third-order valence-electron chi connectivity index (χ3n) is 3.93. The van der Waals surface area contributed by atoms with Crippen LogP contribution in [0.4, 0.5) is 0 Å². The second-order valence-corrected chi connectivity index (χ2v) is 8.71. The number of thiophene rings is 1. The van der Waals surface area contributed by atoms with Gasteiger partial charge in [-0.1, -0.05) is 19.3 Å². The lowest BCUT2D eigenvalue weighted by Gasteiger charge is -2.27. The molecule has 5 nitrogen and oxygen atoms in total. The molecular formula is C14H21NO4S2. The fourth-order valence-electron chi connectivity index (χ4n) is 2.78. The molecule has 1 saturated carbocycles. The third kappa shape index (κ3) is 4.52. The molecule has 1 aromatic rings. The number of carbonyl (C=O) groups is 1. The van der Waals surface area contributed by atoms with Crippen LogP contribution >= 0.6 is 11.3 Å². The number of sulfonamides is 1. The summed E-state index contributed by atoms with van der Waals surface area (Å²) in [5.74, 6) is -0.559. The summed E-state index contributed by atoms with van der Waals surface area (Å²) >= 11 is 1.03.